The summed E-state index contributed by atoms with van der Waals surface area (Å²) in [6.45, 7) is 1.46. The van der Waals surface area contributed by atoms with Gasteiger partial charge < -0.3 is 4.74 Å². The molecule has 13 heavy (non-hydrogen) atoms. The smallest absolute Gasteiger partial charge is 0.433 e. The molecule has 0 saturated carbocycles. The van der Waals surface area contributed by atoms with E-state index in [1.165, 1.54) is 0 Å². The van der Waals surface area contributed by atoms with Crippen LogP contribution in [0.3, 0.4) is 0 Å². The fraction of sp³-hybridized carbons (Fsp3) is 0.571. The molecule has 0 N–H and O–H groups in total. The summed E-state index contributed by atoms with van der Waals surface area (Å²) in [5.41, 5.74) is -1.93. The van der Waals surface area contributed by atoms with Gasteiger partial charge in [-0.05, 0) is 6.42 Å². The van der Waals surface area contributed by atoms with E-state index in [1.54, 1.807) is 6.92 Å². The third-order valence-corrected chi connectivity index (χ3v) is 1.03. The summed E-state index contributed by atoms with van der Waals surface area (Å²) < 4.78 is 39.5. The number of carbonyl (C=O) groups excluding carboxylic acids is 2. The molecular formula is C7H7F3O3. The van der Waals surface area contributed by atoms with E-state index >= 15 is 0 Å². The van der Waals surface area contributed by atoms with Crippen LogP contribution in [0.2, 0.25) is 0 Å². The van der Waals surface area contributed by atoms with Gasteiger partial charge in [-0.1, -0.05) is 6.92 Å². The fourth-order valence-corrected chi connectivity index (χ4v) is 0.482. The zero-order valence-corrected chi connectivity index (χ0v) is 6.77. The van der Waals surface area contributed by atoms with E-state index in [9.17, 15) is 22.8 Å². The number of hydrogen-bond donors (Lipinski definition) is 0. The molecule has 0 aromatic heterocycles. The second-order valence-electron chi connectivity index (χ2n) is 2.11. The molecule has 0 fully saturated rings. The van der Waals surface area contributed by atoms with Crippen molar-refractivity contribution in [3.63, 3.8) is 0 Å². The predicted octanol–water partition coefficient (Wildman–Crippen LogP) is 1.26. The van der Waals surface area contributed by atoms with Crippen molar-refractivity contribution in [1.82, 2.24) is 0 Å². The molecule has 74 valence electrons. The van der Waals surface area contributed by atoms with E-state index in [-0.39, 0.29) is 6.61 Å². The Morgan fingerprint density at radius 3 is 2.31 bits per heavy atom. The van der Waals surface area contributed by atoms with Gasteiger partial charge in [0.05, 0.1) is 6.61 Å². The molecule has 0 aliphatic carbocycles. The third kappa shape index (κ3) is 3.75. The van der Waals surface area contributed by atoms with Crippen LogP contribution in [0.1, 0.15) is 13.3 Å². The van der Waals surface area contributed by atoms with Gasteiger partial charge in [0.2, 0.25) is 5.57 Å². The van der Waals surface area contributed by atoms with E-state index in [4.69, 9.17) is 0 Å². The monoisotopic (exact) mass is 196 g/mol. The van der Waals surface area contributed by atoms with Crippen LogP contribution in [-0.4, -0.2) is 24.7 Å². The van der Waals surface area contributed by atoms with Crippen LogP contribution in [0.5, 0.6) is 0 Å². The minimum atomic E-state index is -4.99. The van der Waals surface area contributed by atoms with Crippen molar-refractivity contribution < 1.29 is 27.5 Å². The summed E-state index contributed by atoms with van der Waals surface area (Å²) >= 11 is 0. The summed E-state index contributed by atoms with van der Waals surface area (Å²) in [4.78, 5) is 20.3. The van der Waals surface area contributed by atoms with E-state index in [0.717, 1.165) is 0 Å². The number of ether oxygens (including phenoxy) is 1. The van der Waals surface area contributed by atoms with Gasteiger partial charge in [-0.2, -0.15) is 13.2 Å². The van der Waals surface area contributed by atoms with Crippen molar-refractivity contribution in [2.24, 2.45) is 0 Å². The molecule has 0 spiro atoms. The molecular weight excluding hydrogens is 189 g/mol. The zero-order valence-electron chi connectivity index (χ0n) is 6.77. The molecule has 0 saturated heterocycles. The van der Waals surface area contributed by atoms with Crippen molar-refractivity contribution in [2.45, 2.75) is 19.5 Å². The number of rotatable bonds is 3. The maximum absolute atomic E-state index is 11.8. The van der Waals surface area contributed by atoms with Gasteiger partial charge in [0.15, 0.2) is 0 Å². The summed E-state index contributed by atoms with van der Waals surface area (Å²) in [6.07, 6.45) is -4.61. The Hall–Kier alpha value is -1.29. The molecule has 0 aromatic carbocycles. The van der Waals surface area contributed by atoms with Crippen molar-refractivity contribution in [1.29, 1.82) is 0 Å². The molecule has 0 heterocycles. The average Bonchev–Trinajstić information content (AvgIpc) is 1.99. The molecule has 0 unspecified atom stereocenters. The van der Waals surface area contributed by atoms with Gasteiger partial charge in [0, 0.05) is 0 Å². The van der Waals surface area contributed by atoms with Gasteiger partial charge >= 0.3 is 12.1 Å². The predicted molar refractivity (Wildman–Crippen MR) is 36.5 cm³/mol. The number of alkyl halides is 3. The van der Waals surface area contributed by atoms with Crippen LogP contribution in [0, 0.1) is 0 Å². The molecule has 6 heteroatoms. The van der Waals surface area contributed by atoms with Gasteiger partial charge in [-0.3, -0.25) is 0 Å². The number of hydrogen-bond acceptors (Lipinski definition) is 3. The first-order chi connectivity index (χ1) is 5.93. The zero-order chi connectivity index (χ0) is 10.5. The Bertz CT molecular complexity index is 238. The van der Waals surface area contributed by atoms with Gasteiger partial charge in [0.1, 0.15) is 5.94 Å². The van der Waals surface area contributed by atoms with Crippen LogP contribution in [0.15, 0.2) is 5.57 Å². The lowest BCUT2D eigenvalue weighted by atomic mass is 10.3. The van der Waals surface area contributed by atoms with E-state index in [2.05, 4.69) is 4.74 Å². The molecule has 0 aromatic rings. The highest BCUT2D eigenvalue weighted by Crippen LogP contribution is 2.24. The van der Waals surface area contributed by atoms with Gasteiger partial charge in [-0.25, -0.2) is 9.59 Å². The van der Waals surface area contributed by atoms with E-state index in [0.29, 0.717) is 12.4 Å². The van der Waals surface area contributed by atoms with Crippen LogP contribution in [-0.2, 0) is 14.3 Å². The number of halogens is 3. The highest BCUT2D eigenvalue weighted by atomic mass is 19.4. The Morgan fingerprint density at radius 2 is 2.00 bits per heavy atom. The number of carbonyl (C=O) groups is 1. The van der Waals surface area contributed by atoms with E-state index < -0.39 is 17.7 Å². The molecule has 0 radical (unpaired) electrons. The Morgan fingerprint density at radius 1 is 1.46 bits per heavy atom. The summed E-state index contributed by atoms with van der Waals surface area (Å²) in [7, 11) is 0. The lowest BCUT2D eigenvalue weighted by Crippen LogP contribution is -2.23. The number of esters is 1. The fourth-order valence-electron chi connectivity index (χ4n) is 0.482. The minimum absolute atomic E-state index is 0.153. The third-order valence-electron chi connectivity index (χ3n) is 1.03. The topological polar surface area (TPSA) is 43.4 Å². The molecule has 0 aliphatic heterocycles. The standard InChI is InChI=1S/C7H7F3O3/c1-2-3-13-6(12)5(4-11)7(8,9)10/h2-3H2,1H3. The second-order valence-corrected chi connectivity index (χ2v) is 2.11. The van der Waals surface area contributed by atoms with Crippen molar-refractivity contribution in [2.75, 3.05) is 6.61 Å². The molecule has 0 amide bonds. The first-order valence-corrected chi connectivity index (χ1v) is 3.43. The maximum atomic E-state index is 11.8. The van der Waals surface area contributed by atoms with Gasteiger partial charge in [0.25, 0.3) is 0 Å². The van der Waals surface area contributed by atoms with Crippen LogP contribution in [0.25, 0.3) is 0 Å². The Balaban J connectivity index is 4.46. The minimum Gasteiger partial charge on any atom is -0.462 e. The Kier molecular flexibility index (Phi) is 4.20. The molecule has 0 rings (SSSR count). The lowest BCUT2D eigenvalue weighted by Gasteiger charge is -2.06. The van der Waals surface area contributed by atoms with Crippen LogP contribution < -0.4 is 0 Å². The van der Waals surface area contributed by atoms with Crippen LogP contribution >= 0.6 is 0 Å². The highest BCUT2D eigenvalue weighted by Gasteiger charge is 2.41. The van der Waals surface area contributed by atoms with Crippen LogP contribution in [0.4, 0.5) is 13.2 Å². The largest absolute Gasteiger partial charge is 0.462 e. The first-order valence-electron chi connectivity index (χ1n) is 3.43. The molecule has 3 nitrogen and oxygen atoms in total. The first kappa shape index (κ1) is 11.7. The quantitative estimate of drug-likeness (QED) is 0.387. The van der Waals surface area contributed by atoms with Gasteiger partial charge in [-0.15, -0.1) is 0 Å². The molecule has 0 bridgehead atoms. The molecule has 0 aliphatic rings. The Labute approximate surface area is 72.2 Å². The van der Waals surface area contributed by atoms with Crippen molar-refractivity contribution >= 4 is 11.9 Å². The second kappa shape index (κ2) is 4.67. The SMILES string of the molecule is CCCOC(=O)C(=C=O)C(F)(F)F. The average molecular weight is 196 g/mol. The summed E-state index contributed by atoms with van der Waals surface area (Å²) in [5.74, 6) is -1.16. The maximum Gasteiger partial charge on any atom is 0.433 e. The highest BCUT2D eigenvalue weighted by molar-refractivity contribution is 5.98. The van der Waals surface area contributed by atoms with E-state index in [1.807, 2.05) is 0 Å². The normalized spacial score (nSPS) is 10.5. The van der Waals surface area contributed by atoms with Crippen molar-refractivity contribution in [3.8, 4) is 0 Å². The summed E-state index contributed by atoms with van der Waals surface area (Å²) in [5, 5.41) is 0. The lowest BCUT2D eigenvalue weighted by molar-refractivity contribution is -0.150. The summed E-state index contributed by atoms with van der Waals surface area (Å²) in [6, 6.07) is 0. The van der Waals surface area contributed by atoms with Crippen molar-refractivity contribution in [3.05, 3.63) is 5.57 Å². The molecule has 0 atom stereocenters.